The maximum absolute atomic E-state index is 12.5. The fourth-order valence-corrected chi connectivity index (χ4v) is 2.05. The van der Waals surface area contributed by atoms with Crippen LogP contribution in [0.4, 0.5) is 13.2 Å². The molecule has 2 rings (SSSR count). The quantitative estimate of drug-likeness (QED) is 0.880. The van der Waals surface area contributed by atoms with E-state index in [9.17, 15) is 18.0 Å². The Morgan fingerprint density at radius 1 is 1.28 bits per heavy atom. The summed E-state index contributed by atoms with van der Waals surface area (Å²) in [7, 11) is 0. The molecule has 0 spiro atoms. The Hall–Kier alpha value is -1.56. The first-order valence-electron chi connectivity index (χ1n) is 5.57. The van der Waals surface area contributed by atoms with E-state index in [4.69, 9.17) is 0 Å². The molecular weight excluding hydrogens is 245 g/mol. The molecule has 1 aromatic carbocycles. The molecule has 0 aliphatic carbocycles. The molecule has 98 valence electrons. The average Bonchev–Trinajstić information content (AvgIpc) is 2.57. The van der Waals surface area contributed by atoms with E-state index in [1.807, 2.05) is 0 Å². The van der Waals surface area contributed by atoms with Gasteiger partial charge in [0.2, 0.25) is 5.91 Å². The van der Waals surface area contributed by atoms with Crippen LogP contribution in [-0.2, 0) is 4.79 Å². The normalized spacial score (nSPS) is 24.7. The highest BCUT2D eigenvalue weighted by Crippen LogP contribution is 2.29. The molecule has 3 nitrogen and oxygen atoms in total. The molecule has 0 bridgehead atoms. The number of halogens is 3. The van der Waals surface area contributed by atoms with Gasteiger partial charge in [-0.25, -0.2) is 0 Å². The Bertz CT molecular complexity index is 433. The maximum Gasteiger partial charge on any atom is 0.406 e. The minimum absolute atomic E-state index is 0.527. The Morgan fingerprint density at radius 3 is 2.44 bits per heavy atom. The van der Waals surface area contributed by atoms with Crippen LogP contribution >= 0.6 is 0 Å². The number of carbonyl (C=O) groups excluding carboxylic acids is 1. The average molecular weight is 258 g/mol. The van der Waals surface area contributed by atoms with Gasteiger partial charge in [-0.2, -0.15) is 13.2 Å². The van der Waals surface area contributed by atoms with Gasteiger partial charge < -0.3 is 4.90 Å². The van der Waals surface area contributed by atoms with Crippen LogP contribution in [0.1, 0.15) is 18.7 Å². The summed E-state index contributed by atoms with van der Waals surface area (Å²) in [4.78, 5) is 12.6. The second-order valence-electron chi connectivity index (χ2n) is 4.28. The summed E-state index contributed by atoms with van der Waals surface area (Å²) in [6.07, 6.45) is -5.11. The fraction of sp³-hybridized carbons (Fsp3) is 0.417. The highest BCUT2D eigenvalue weighted by Gasteiger charge is 2.43. The molecular formula is C12H13F3N2O. The molecule has 1 heterocycles. The molecule has 1 fully saturated rings. The Morgan fingerprint density at radius 2 is 1.89 bits per heavy atom. The molecule has 1 aromatic rings. The van der Waals surface area contributed by atoms with Gasteiger partial charge in [0.25, 0.3) is 0 Å². The molecule has 1 saturated heterocycles. The van der Waals surface area contributed by atoms with Gasteiger partial charge in [-0.3, -0.25) is 10.1 Å². The molecule has 1 aliphatic heterocycles. The molecule has 1 amide bonds. The number of carbonyl (C=O) groups is 1. The first kappa shape index (κ1) is 12.9. The van der Waals surface area contributed by atoms with Gasteiger partial charge in [0, 0.05) is 0 Å². The smallest absolute Gasteiger partial charge is 0.312 e. The number of benzene rings is 1. The summed E-state index contributed by atoms with van der Waals surface area (Å²) in [6, 6.07) is 8.04. The molecule has 1 N–H and O–H groups in total. The van der Waals surface area contributed by atoms with Crippen molar-refractivity contribution < 1.29 is 18.0 Å². The van der Waals surface area contributed by atoms with Crippen LogP contribution in [0, 0.1) is 0 Å². The highest BCUT2D eigenvalue weighted by molar-refractivity contribution is 5.84. The van der Waals surface area contributed by atoms with Crippen molar-refractivity contribution in [2.45, 2.75) is 25.3 Å². The van der Waals surface area contributed by atoms with Crippen LogP contribution in [0.15, 0.2) is 30.3 Å². The summed E-state index contributed by atoms with van der Waals surface area (Å²) < 4.78 is 37.4. The summed E-state index contributed by atoms with van der Waals surface area (Å²) >= 11 is 0. The van der Waals surface area contributed by atoms with Gasteiger partial charge in [0.15, 0.2) is 0 Å². The SMILES string of the molecule is CC1NC(c2ccccc2)N(CC(F)(F)F)C1=O. The van der Waals surface area contributed by atoms with Crippen LogP contribution in [-0.4, -0.2) is 29.6 Å². The number of rotatable bonds is 2. The van der Waals surface area contributed by atoms with Gasteiger partial charge in [-0.15, -0.1) is 0 Å². The third kappa shape index (κ3) is 2.64. The predicted octanol–water partition coefficient (Wildman–Crippen LogP) is 2.07. The van der Waals surface area contributed by atoms with Crippen LogP contribution in [0.2, 0.25) is 0 Å². The fourth-order valence-electron chi connectivity index (χ4n) is 2.05. The van der Waals surface area contributed by atoms with E-state index >= 15 is 0 Å². The highest BCUT2D eigenvalue weighted by atomic mass is 19.4. The second-order valence-corrected chi connectivity index (χ2v) is 4.28. The maximum atomic E-state index is 12.5. The van der Waals surface area contributed by atoms with Crippen LogP contribution in [0.25, 0.3) is 0 Å². The van der Waals surface area contributed by atoms with Crippen LogP contribution in [0.5, 0.6) is 0 Å². The van der Waals surface area contributed by atoms with E-state index in [2.05, 4.69) is 5.32 Å². The minimum atomic E-state index is -4.39. The van der Waals surface area contributed by atoms with Gasteiger partial charge in [-0.1, -0.05) is 30.3 Å². The number of hydrogen-bond acceptors (Lipinski definition) is 2. The van der Waals surface area contributed by atoms with Crippen LogP contribution in [0.3, 0.4) is 0 Å². The van der Waals surface area contributed by atoms with E-state index < -0.39 is 30.8 Å². The topological polar surface area (TPSA) is 32.3 Å². The summed E-state index contributed by atoms with van der Waals surface area (Å²) in [5.74, 6) is -0.527. The molecule has 18 heavy (non-hydrogen) atoms. The number of amides is 1. The van der Waals surface area contributed by atoms with Gasteiger partial charge in [-0.05, 0) is 12.5 Å². The molecule has 6 heteroatoms. The van der Waals surface area contributed by atoms with E-state index in [1.165, 1.54) is 0 Å². The lowest BCUT2D eigenvalue weighted by atomic mass is 10.1. The lowest BCUT2D eigenvalue weighted by Gasteiger charge is -2.25. The zero-order valence-electron chi connectivity index (χ0n) is 9.74. The Balaban J connectivity index is 2.26. The zero-order chi connectivity index (χ0) is 13.3. The Kier molecular flexibility index (Phi) is 3.30. The molecule has 0 saturated carbocycles. The predicted molar refractivity (Wildman–Crippen MR) is 59.5 cm³/mol. The first-order chi connectivity index (χ1) is 8.38. The molecule has 1 aliphatic rings. The molecule has 0 radical (unpaired) electrons. The number of nitrogens with one attached hydrogen (secondary N) is 1. The van der Waals surface area contributed by atoms with Gasteiger partial charge in [0.05, 0.1) is 6.04 Å². The summed E-state index contributed by atoms with van der Waals surface area (Å²) in [5.41, 5.74) is 0.652. The largest absolute Gasteiger partial charge is 0.406 e. The third-order valence-corrected chi connectivity index (χ3v) is 2.84. The van der Waals surface area contributed by atoms with Crippen molar-refractivity contribution in [1.82, 2.24) is 10.2 Å². The number of alkyl halides is 3. The van der Waals surface area contributed by atoms with Crippen LogP contribution < -0.4 is 5.32 Å². The van der Waals surface area contributed by atoms with E-state index in [0.717, 1.165) is 4.90 Å². The van der Waals surface area contributed by atoms with Crippen molar-refractivity contribution in [3.8, 4) is 0 Å². The molecule has 2 unspecified atom stereocenters. The van der Waals surface area contributed by atoms with Crippen molar-refractivity contribution >= 4 is 5.91 Å². The molecule has 2 atom stereocenters. The van der Waals surface area contributed by atoms with Gasteiger partial charge >= 0.3 is 6.18 Å². The third-order valence-electron chi connectivity index (χ3n) is 2.84. The lowest BCUT2D eigenvalue weighted by molar-refractivity contribution is -0.161. The number of nitrogens with zero attached hydrogens (tertiary/aromatic N) is 1. The molecule has 0 aromatic heterocycles. The van der Waals surface area contributed by atoms with Crippen molar-refractivity contribution in [1.29, 1.82) is 0 Å². The van der Waals surface area contributed by atoms with Crippen molar-refractivity contribution in [3.63, 3.8) is 0 Å². The van der Waals surface area contributed by atoms with E-state index in [0.29, 0.717) is 5.56 Å². The van der Waals surface area contributed by atoms with Crippen molar-refractivity contribution in [3.05, 3.63) is 35.9 Å². The van der Waals surface area contributed by atoms with Crippen molar-refractivity contribution in [2.24, 2.45) is 0 Å². The zero-order valence-corrected chi connectivity index (χ0v) is 9.74. The van der Waals surface area contributed by atoms with Gasteiger partial charge in [0.1, 0.15) is 12.7 Å². The number of hydrogen-bond donors (Lipinski definition) is 1. The standard InChI is InChI=1S/C12H13F3N2O/c1-8-11(18)17(7-12(13,14)15)10(16-8)9-5-3-2-4-6-9/h2-6,8,10,16H,7H2,1H3. The van der Waals surface area contributed by atoms with Crippen molar-refractivity contribution in [2.75, 3.05) is 6.54 Å². The second kappa shape index (κ2) is 4.61. The monoisotopic (exact) mass is 258 g/mol. The minimum Gasteiger partial charge on any atom is -0.312 e. The first-order valence-corrected chi connectivity index (χ1v) is 5.57. The van der Waals surface area contributed by atoms with E-state index in [-0.39, 0.29) is 0 Å². The lowest BCUT2D eigenvalue weighted by Crippen LogP contribution is -2.38. The Labute approximate surface area is 103 Å². The van der Waals surface area contributed by atoms with E-state index in [1.54, 1.807) is 37.3 Å². The summed E-state index contributed by atoms with van der Waals surface area (Å²) in [6.45, 7) is 0.331. The summed E-state index contributed by atoms with van der Waals surface area (Å²) in [5, 5.41) is 2.87.